The molecule has 0 aliphatic heterocycles. The molecule has 18 aromatic rings. The zero-order valence-corrected chi connectivity index (χ0v) is 45.8. The lowest BCUT2D eigenvalue weighted by Gasteiger charge is -2.18. The van der Waals surface area contributed by atoms with Gasteiger partial charge in [-0.15, -0.1) is 0 Å². The van der Waals surface area contributed by atoms with E-state index < -0.39 is 399 Å². The highest BCUT2D eigenvalue weighted by atomic mass is 79.9. The number of fused-ring (bicyclic) bond motifs is 12. The molecule has 3 heteroatoms. The van der Waals surface area contributed by atoms with Crippen LogP contribution < -0.4 is 0 Å². The molecule has 0 atom stereocenters. The van der Waals surface area contributed by atoms with E-state index in [1.807, 2.05) is 0 Å². The molecule has 18 rings (SSSR count). The first kappa shape index (κ1) is 21.5. The Bertz CT molecular complexity index is 8660. The van der Waals surface area contributed by atoms with Gasteiger partial charge in [-0.3, -0.25) is 0 Å². The molecule has 0 radical (unpaired) electrons. The molecule has 0 saturated carbocycles. The van der Waals surface area contributed by atoms with Crippen LogP contribution in [0.4, 0.5) is 0 Å². The van der Waals surface area contributed by atoms with Gasteiger partial charge in [-0.05, 0) is 179 Å². The van der Waals surface area contributed by atoms with Crippen molar-refractivity contribution in [2.45, 2.75) is 6.92 Å². The Kier molecular flexibility index (Phi) is 5.44. The molecule has 0 aliphatic carbocycles. The van der Waals surface area contributed by atoms with Gasteiger partial charge in [-0.25, -0.2) is 0 Å². The van der Waals surface area contributed by atoms with Gasteiger partial charge in [0.05, 0.1) is 71.3 Å². The summed E-state index contributed by atoms with van der Waals surface area (Å²) in [6.07, 6.45) is 0. The third kappa shape index (κ3) is 9.27. The van der Waals surface area contributed by atoms with Crippen LogP contribution >= 0.6 is 15.9 Å². The minimum absolute atomic E-state index is 0.0236. The fourth-order valence-electron chi connectivity index (χ4n) is 9.89. The summed E-state index contributed by atoms with van der Waals surface area (Å²) in [5.74, 6) is 0. The van der Waals surface area contributed by atoms with Gasteiger partial charge in [0.1, 0.15) is 22.3 Å². The molecule has 0 bridgehead atoms. The van der Waals surface area contributed by atoms with Gasteiger partial charge < -0.3 is 8.83 Å². The average Bonchev–Trinajstić information content (AvgIpc) is 0.848. The van der Waals surface area contributed by atoms with Crippen LogP contribution in [-0.2, 0) is 0 Å². The highest BCUT2D eigenvalue weighted by Crippen LogP contribution is 2.46. The van der Waals surface area contributed by atoms with Crippen molar-refractivity contribution in [3.8, 4) is 55.6 Å². The topological polar surface area (TPSA) is 26.3 Å². The maximum Gasteiger partial charge on any atom is 0.136 e. The predicted octanol–water partition coefficient (Wildman–Crippen LogP) is 25.2. The van der Waals surface area contributed by atoms with Gasteiger partial charge in [0.25, 0.3) is 0 Å². The lowest BCUT2D eigenvalue weighted by molar-refractivity contribution is 0.668. The van der Waals surface area contributed by atoms with Crippen LogP contribution in [0.2, 0.25) is 0 Å². The molecule has 0 N–H and O–H groups in total. The van der Waals surface area contributed by atoms with Crippen molar-refractivity contribution in [1.82, 2.24) is 0 Å². The zero-order valence-electron chi connectivity index (χ0n) is 96.2. The predicted molar refractivity (Wildman–Crippen MR) is 379 cm³/mol. The largest absolute Gasteiger partial charge is 0.456 e. The number of hydrogen-bond donors (Lipinski definition) is 0. The molecule has 0 unspecified atom stereocenters. The summed E-state index contributed by atoms with van der Waals surface area (Å²) in [6.45, 7) is 1.53. The van der Waals surface area contributed by atoms with E-state index in [4.69, 9.17) is 65.0 Å². The van der Waals surface area contributed by atoms with Crippen LogP contribution in [0.25, 0.3) is 164 Å². The van der Waals surface area contributed by atoms with Gasteiger partial charge >= 0.3 is 0 Å². The maximum absolute atomic E-state index is 9.50. The van der Waals surface area contributed by atoms with Gasteiger partial charge in [0, 0.05) is 26.0 Å². The van der Waals surface area contributed by atoms with Crippen LogP contribution in [-0.4, -0.2) is 0 Å². The molecule has 2 aromatic heterocycles. The van der Waals surface area contributed by atoms with Crippen LogP contribution in [0.15, 0.2) is 328 Å². The average molecular weight is 1240 g/mol. The summed E-state index contributed by atoms with van der Waals surface area (Å²) in [4.78, 5) is 0. The number of para-hydroxylation sites is 2. The van der Waals surface area contributed by atoms with E-state index in [2.05, 4.69) is 15.9 Å². The normalized spacial score (nSPS) is 19.8. The highest BCUT2D eigenvalue weighted by molar-refractivity contribution is 9.10. The maximum atomic E-state index is 9.50. The molecule has 16 aromatic carbocycles. The summed E-state index contributed by atoms with van der Waals surface area (Å²) in [6, 6.07) is -39.7. The summed E-state index contributed by atoms with van der Waals surface area (Å²) >= 11 is 3.27. The van der Waals surface area contributed by atoms with E-state index >= 15 is 0 Å². The second-order valence-electron chi connectivity index (χ2n) is 18.7. The minimum Gasteiger partial charge on any atom is -0.456 e. The lowest BCUT2D eigenvalue weighted by Crippen LogP contribution is -1.91. The standard InChI is InChI=1S/C42H26O.C30H19Br.C13H10O/c1-2-12-31-27(10-1)11-9-18-32(31)28-20-22-29(23-21-28)41-35-14-3-5-16-37(35)42(38-17-6-4-15-36(38)41)30-24-25-34-33-13-7-8-19-39(33)43-40(34)26-30;31-30-27-13-5-3-11-25(27)29(26-12-4-6-14-28(26)30)22-18-16-21(17-19-22)24-15-7-9-20-8-1-2-10-23(20)24;1-9-6-7-11-10-4-2-3-5-12(10)14-13(11)8-9/h1-26H;1-19H;2-8H,1H3/i1D,2D,3D,4D,5D,6D,7D,8D,9D,10D,11D,12D,13D,14D,15D,16D,17D,18D,19D,20D,21D,22D,23D,24D,25D,26D;1D,2D,3D,4D,5D,6D,7D,8D,9D,10D,11D,12D,13D,14D,15D,16D,17D,18D,19D;2D,3D,4D,5D,6D,7D,8D. The molecule has 0 fully saturated rings. The molecule has 88 heavy (non-hydrogen) atoms. The smallest absolute Gasteiger partial charge is 0.136 e. The Labute approximate surface area is 591 Å². The van der Waals surface area contributed by atoms with E-state index in [-0.39, 0.29) is 89.1 Å². The van der Waals surface area contributed by atoms with Gasteiger partial charge in [0.15, 0.2) is 0 Å². The summed E-state index contributed by atoms with van der Waals surface area (Å²) in [5, 5.41) is -6.85. The number of benzene rings is 16. The second kappa shape index (κ2) is 22.2. The monoisotopic (exact) mass is 1240 g/mol. The molecule has 0 saturated heterocycles. The Morgan fingerprint density at radius 1 is 0.239 bits per heavy atom. The number of furan rings is 2. The van der Waals surface area contributed by atoms with Gasteiger partial charge in [-0.1, -0.05) is 284 Å². The van der Waals surface area contributed by atoms with Crippen molar-refractivity contribution in [1.29, 1.82) is 0 Å². The van der Waals surface area contributed by atoms with Crippen LogP contribution in [0, 0.1) is 6.92 Å². The van der Waals surface area contributed by atoms with Crippen LogP contribution in [0.1, 0.15) is 76.8 Å². The SMILES string of the molecule is [2H]c1c([2H])c(-c2c3c([2H])c([2H])c([2H])c([2H])c3c(-c3c([2H])c([2H])c4c(oc5c([2H])c([2H])c([2H])c([2H])c54)c3[2H])c3c([2H])c([2H])c([2H])c([2H])c23)c([2H])c([2H])c1-c1c([2H])c([2H])c([2H])c2c([2H])c([2H])c([2H])c([2H])c12.[2H]c1c([2H])c(-c2c3c([2H])c([2H])c([2H])c([2H])c3c(Br)c3c([2H])c([2H])c([2H])c([2H])c23)c([2H])c([2H])c1-c1c([2H])c([2H])c([2H])c2c([2H])c([2H])c([2H])c([2H])c12.[2H]c1c([2H])c([2H])c2c(oc3c([2H])c(C)c([2H])c([2H])c32)c1[2H]. The molecule has 414 valence electrons. The molecule has 0 aliphatic rings. The molecule has 0 amide bonds. The van der Waals surface area contributed by atoms with E-state index in [9.17, 15) is 15.1 Å². The van der Waals surface area contributed by atoms with Crippen molar-refractivity contribution in [3.05, 3.63) is 324 Å². The molecule has 0 spiro atoms. The van der Waals surface area contributed by atoms with E-state index in [0.29, 0.717) is 0 Å². The molecule has 2 nitrogen and oxygen atoms in total. The first-order valence-corrected chi connectivity index (χ1v) is 26.5. The number of rotatable bonds is 5. The Balaban J connectivity index is 0.000000172. The Hall–Kier alpha value is -10.8. The third-order valence-corrected chi connectivity index (χ3v) is 14.5. The summed E-state index contributed by atoms with van der Waals surface area (Å²) < 4.78 is 461. The van der Waals surface area contributed by atoms with Crippen molar-refractivity contribution < 1.29 is 80.1 Å². The number of halogens is 1. The summed E-state index contributed by atoms with van der Waals surface area (Å²) in [7, 11) is 0. The highest BCUT2D eigenvalue weighted by Gasteiger charge is 2.19. The molecule has 2 heterocycles. The van der Waals surface area contributed by atoms with Crippen molar-refractivity contribution in [3.63, 3.8) is 0 Å². The van der Waals surface area contributed by atoms with Gasteiger partial charge in [0.2, 0.25) is 0 Å². The number of hydrogen-bond acceptors (Lipinski definition) is 2. The van der Waals surface area contributed by atoms with E-state index in [1.165, 1.54) is 6.92 Å². The molecular weight excluding hydrogens is 1130 g/mol. The Morgan fingerprint density at radius 3 is 0.977 bits per heavy atom. The van der Waals surface area contributed by atoms with Crippen molar-refractivity contribution >= 4 is 124 Å². The second-order valence-corrected chi connectivity index (χ2v) is 19.5. The first-order chi connectivity index (χ1) is 65.1. The van der Waals surface area contributed by atoms with Crippen LogP contribution in [0.5, 0.6) is 0 Å². The third-order valence-electron chi connectivity index (χ3n) is 13.7. The lowest BCUT2D eigenvalue weighted by atomic mass is 9.85. The minimum atomic E-state index is -1.07. The summed E-state index contributed by atoms with van der Waals surface area (Å²) in [5.41, 5.74) is -7.66. The van der Waals surface area contributed by atoms with Crippen molar-refractivity contribution in [2.24, 2.45) is 0 Å². The van der Waals surface area contributed by atoms with Crippen molar-refractivity contribution in [2.75, 3.05) is 0 Å². The fraction of sp³-hybridized carbons (Fsp3) is 0.0118. The van der Waals surface area contributed by atoms with Gasteiger partial charge in [-0.2, -0.15) is 0 Å². The first-order valence-electron chi connectivity index (χ1n) is 51.8. The Morgan fingerprint density at radius 2 is 0.534 bits per heavy atom. The quantitative estimate of drug-likeness (QED) is 0.161. The van der Waals surface area contributed by atoms with E-state index in [0.717, 1.165) is 0 Å². The molecular formula is C85H55BrO2. The van der Waals surface area contributed by atoms with E-state index in [1.54, 1.807) is 0 Å². The zero-order chi connectivity index (χ0) is 104. The fourth-order valence-corrected chi connectivity index (χ4v) is 10.5. The van der Waals surface area contributed by atoms with Crippen LogP contribution in [0.3, 0.4) is 0 Å².